The fourth-order valence-corrected chi connectivity index (χ4v) is 2.88. The number of amides is 1. The third kappa shape index (κ3) is 4.00. The van der Waals surface area contributed by atoms with E-state index in [2.05, 4.69) is 5.10 Å². The normalized spacial score (nSPS) is 10.7. The molecule has 5 nitrogen and oxygen atoms in total. The Morgan fingerprint density at radius 1 is 1.08 bits per heavy atom. The molecule has 0 atom stereocenters. The van der Waals surface area contributed by atoms with Gasteiger partial charge in [0.15, 0.2) is 0 Å². The Hall–Kier alpha value is -2.92. The van der Waals surface area contributed by atoms with Crippen molar-refractivity contribution in [3.8, 4) is 5.69 Å². The van der Waals surface area contributed by atoms with Gasteiger partial charge < -0.3 is 9.64 Å². The summed E-state index contributed by atoms with van der Waals surface area (Å²) in [5.74, 6) is -0.0365. The van der Waals surface area contributed by atoms with Gasteiger partial charge in [-0.3, -0.25) is 4.79 Å². The third-order valence-electron chi connectivity index (χ3n) is 4.31. The van der Waals surface area contributed by atoms with E-state index in [1.54, 1.807) is 22.9 Å². The quantitative estimate of drug-likeness (QED) is 0.656. The summed E-state index contributed by atoms with van der Waals surface area (Å²) in [6.45, 7) is 3.48. The van der Waals surface area contributed by atoms with E-state index in [0.29, 0.717) is 25.3 Å². The van der Waals surface area contributed by atoms with Crippen LogP contribution in [0.1, 0.15) is 21.6 Å². The number of methoxy groups -OCH3 is 1. The highest BCUT2D eigenvalue weighted by Gasteiger charge is 2.21. The minimum Gasteiger partial charge on any atom is -0.383 e. The lowest BCUT2D eigenvalue weighted by Crippen LogP contribution is -2.33. The minimum absolute atomic E-state index is 0.0365. The van der Waals surface area contributed by atoms with Gasteiger partial charge in [-0.1, -0.05) is 48.5 Å². The molecule has 0 N–H and O–H groups in total. The summed E-state index contributed by atoms with van der Waals surface area (Å²) in [4.78, 5) is 14.9. The van der Waals surface area contributed by atoms with E-state index in [4.69, 9.17) is 4.74 Å². The number of nitrogens with zero attached hydrogens (tertiary/aromatic N) is 3. The summed E-state index contributed by atoms with van der Waals surface area (Å²) in [6, 6.07) is 19.8. The number of ether oxygens (including phenoxy) is 1. The SMILES string of the molecule is COCCN(Cc1ccccc1)C(=O)c1cnn(-c2ccccc2)c1C. The van der Waals surface area contributed by atoms with E-state index in [9.17, 15) is 4.79 Å². The van der Waals surface area contributed by atoms with Crippen molar-refractivity contribution < 1.29 is 9.53 Å². The predicted molar refractivity (Wildman–Crippen MR) is 101 cm³/mol. The number of aromatic nitrogens is 2. The molecular weight excluding hydrogens is 326 g/mol. The van der Waals surface area contributed by atoms with Gasteiger partial charge in [0, 0.05) is 20.2 Å². The fraction of sp³-hybridized carbons (Fsp3) is 0.238. The third-order valence-corrected chi connectivity index (χ3v) is 4.31. The number of carbonyl (C=O) groups is 1. The van der Waals surface area contributed by atoms with Crippen LogP contribution in [0.2, 0.25) is 0 Å². The molecule has 26 heavy (non-hydrogen) atoms. The second kappa shape index (κ2) is 8.45. The lowest BCUT2D eigenvalue weighted by Gasteiger charge is -2.22. The number of para-hydroxylation sites is 1. The molecule has 0 aliphatic heterocycles. The van der Waals surface area contributed by atoms with Crippen LogP contribution in [-0.4, -0.2) is 40.8 Å². The molecule has 0 aliphatic carbocycles. The highest BCUT2D eigenvalue weighted by Crippen LogP contribution is 2.17. The van der Waals surface area contributed by atoms with Crippen molar-refractivity contribution in [1.82, 2.24) is 14.7 Å². The zero-order valence-electron chi connectivity index (χ0n) is 15.1. The second-order valence-electron chi connectivity index (χ2n) is 6.10. The fourth-order valence-electron chi connectivity index (χ4n) is 2.88. The van der Waals surface area contributed by atoms with Gasteiger partial charge in [-0.15, -0.1) is 0 Å². The Labute approximate surface area is 153 Å². The van der Waals surface area contributed by atoms with Crippen molar-refractivity contribution in [2.45, 2.75) is 13.5 Å². The van der Waals surface area contributed by atoms with Crippen molar-refractivity contribution in [2.75, 3.05) is 20.3 Å². The van der Waals surface area contributed by atoms with E-state index < -0.39 is 0 Å². The van der Waals surface area contributed by atoms with Crippen LogP contribution in [0.15, 0.2) is 66.9 Å². The number of benzene rings is 2. The molecule has 1 amide bonds. The molecule has 0 unspecified atom stereocenters. The zero-order valence-corrected chi connectivity index (χ0v) is 15.1. The van der Waals surface area contributed by atoms with Crippen molar-refractivity contribution in [3.63, 3.8) is 0 Å². The topological polar surface area (TPSA) is 47.4 Å². The molecule has 1 heterocycles. The Bertz CT molecular complexity index is 844. The second-order valence-corrected chi connectivity index (χ2v) is 6.10. The van der Waals surface area contributed by atoms with Crippen LogP contribution in [0.5, 0.6) is 0 Å². The van der Waals surface area contributed by atoms with Crippen molar-refractivity contribution in [1.29, 1.82) is 0 Å². The van der Waals surface area contributed by atoms with Gasteiger partial charge in [0.25, 0.3) is 5.91 Å². The molecule has 0 aliphatic rings. The first kappa shape index (κ1) is 17.9. The molecule has 3 aromatic rings. The largest absolute Gasteiger partial charge is 0.383 e. The number of carbonyl (C=O) groups excluding carboxylic acids is 1. The van der Waals surface area contributed by atoms with Gasteiger partial charge in [-0.05, 0) is 24.6 Å². The summed E-state index contributed by atoms with van der Waals surface area (Å²) in [6.07, 6.45) is 1.65. The van der Waals surface area contributed by atoms with Crippen molar-refractivity contribution >= 4 is 5.91 Å². The van der Waals surface area contributed by atoms with Crippen LogP contribution >= 0.6 is 0 Å². The first-order valence-electron chi connectivity index (χ1n) is 8.63. The summed E-state index contributed by atoms with van der Waals surface area (Å²) in [7, 11) is 1.64. The first-order chi connectivity index (χ1) is 12.7. The lowest BCUT2D eigenvalue weighted by molar-refractivity contribution is 0.0679. The minimum atomic E-state index is -0.0365. The predicted octanol–water partition coefficient (Wildman–Crippen LogP) is 3.47. The highest BCUT2D eigenvalue weighted by atomic mass is 16.5. The summed E-state index contributed by atoms with van der Waals surface area (Å²) >= 11 is 0. The summed E-state index contributed by atoms with van der Waals surface area (Å²) in [5, 5.41) is 4.41. The molecule has 2 aromatic carbocycles. The Morgan fingerprint density at radius 2 is 1.73 bits per heavy atom. The van der Waals surface area contributed by atoms with Gasteiger partial charge in [0.2, 0.25) is 0 Å². The van der Waals surface area contributed by atoms with Gasteiger partial charge in [-0.2, -0.15) is 5.10 Å². The van der Waals surface area contributed by atoms with E-state index in [0.717, 1.165) is 16.9 Å². The van der Waals surface area contributed by atoms with Crippen LogP contribution < -0.4 is 0 Å². The maximum Gasteiger partial charge on any atom is 0.257 e. The van der Waals surface area contributed by atoms with Gasteiger partial charge in [0.05, 0.1) is 29.7 Å². The van der Waals surface area contributed by atoms with Crippen LogP contribution in [0.25, 0.3) is 5.69 Å². The van der Waals surface area contributed by atoms with Gasteiger partial charge >= 0.3 is 0 Å². The van der Waals surface area contributed by atoms with Gasteiger partial charge in [-0.25, -0.2) is 4.68 Å². The zero-order chi connectivity index (χ0) is 18.4. The molecule has 1 aromatic heterocycles. The Kier molecular flexibility index (Phi) is 5.81. The van der Waals surface area contributed by atoms with E-state index in [-0.39, 0.29) is 5.91 Å². The lowest BCUT2D eigenvalue weighted by atomic mass is 10.1. The maximum atomic E-state index is 13.1. The van der Waals surface area contributed by atoms with Crippen LogP contribution in [0.4, 0.5) is 0 Å². The number of hydrogen-bond donors (Lipinski definition) is 0. The molecule has 0 fully saturated rings. The van der Waals surface area contributed by atoms with E-state index in [1.165, 1.54) is 0 Å². The Morgan fingerprint density at radius 3 is 2.38 bits per heavy atom. The van der Waals surface area contributed by atoms with Gasteiger partial charge in [0.1, 0.15) is 0 Å². The van der Waals surface area contributed by atoms with Crippen molar-refractivity contribution in [3.05, 3.63) is 83.7 Å². The smallest absolute Gasteiger partial charge is 0.257 e. The molecule has 134 valence electrons. The molecule has 0 saturated heterocycles. The summed E-state index contributed by atoms with van der Waals surface area (Å²) in [5.41, 5.74) is 3.47. The molecule has 0 saturated carbocycles. The molecule has 3 rings (SSSR count). The summed E-state index contributed by atoms with van der Waals surface area (Å²) < 4.78 is 6.98. The molecule has 0 radical (unpaired) electrons. The molecule has 0 bridgehead atoms. The molecule has 5 heteroatoms. The van der Waals surface area contributed by atoms with Crippen LogP contribution in [0, 0.1) is 6.92 Å². The number of rotatable bonds is 7. The Balaban J connectivity index is 1.86. The monoisotopic (exact) mass is 349 g/mol. The number of hydrogen-bond acceptors (Lipinski definition) is 3. The standard InChI is InChI=1S/C21H23N3O2/c1-17-20(15-22-24(17)19-11-7-4-8-12-19)21(25)23(13-14-26-2)16-18-9-5-3-6-10-18/h3-12,15H,13-14,16H2,1-2H3. The molecular formula is C21H23N3O2. The maximum absolute atomic E-state index is 13.1. The van der Waals surface area contributed by atoms with E-state index >= 15 is 0 Å². The highest BCUT2D eigenvalue weighted by molar-refractivity contribution is 5.95. The van der Waals surface area contributed by atoms with Crippen LogP contribution in [-0.2, 0) is 11.3 Å². The first-order valence-corrected chi connectivity index (χ1v) is 8.63. The average Bonchev–Trinajstić information content (AvgIpc) is 3.07. The van der Waals surface area contributed by atoms with Crippen molar-refractivity contribution in [2.24, 2.45) is 0 Å². The molecule has 0 spiro atoms. The van der Waals surface area contributed by atoms with Crippen LogP contribution in [0.3, 0.4) is 0 Å². The average molecular weight is 349 g/mol. The van der Waals surface area contributed by atoms with E-state index in [1.807, 2.05) is 67.6 Å².